The Bertz CT molecular complexity index is 1340. The molecule has 0 unspecified atom stereocenters. The van der Waals surface area contributed by atoms with Crippen LogP contribution in [0.1, 0.15) is 22.8 Å². The number of nitrogens with one attached hydrogen (secondary N) is 1. The van der Waals surface area contributed by atoms with Crippen LogP contribution in [-0.2, 0) is 11.3 Å². The molecule has 0 saturated heterocycles. The lowest BCUT2D eigenvalue weighted by molar-refractivity contribution is 0.102. The molecule has 0 saturated carbocycles. The number of benzene rings is 2. The predicted molar refractivity (Wildman–Crippen MR) is 132 cm³/mol. The van der Waals surface area contributed by atoms with Crippen molar-refractivity contribution in [3.63, 3.8) is 0 Å². The molecule has 0 atom stereocenters. The van der Waals surface area contributed by atoms with E-state index in [9.17, 15) is 9.59 Å². The molecule has 0 aliphatic heterocycles. The van der Waals surface area contributed by atoms with Crippen LogP contribution in [0.15, 0.2) is 60.1 Å². The van der Waals surface area contributed by atoms with E-state index in [1.807, 2.05) is 5.38 Å². The predicted octanol–water partition coefficient (Wildman–Crippen LogP) is 5.90. The van der Waals surface area contributed by atoms with Gasteiger partial charge < -0.3 is 25.3 Å². The maximum absolute atomic E-state index is 12.6. The fourth-order valence-electron chi connectivity index (χ4n) is 3.15. The van der Waals surface area contributed by atoms with E-state index >= 15 is 0 Å². The normalized spacial score (nSPS) is 10.6. The van der Waals surface area contributed by atoms with Crippen LogP contribution >= 0.6 is 22.9 Å². The van der Waals surface area contributed by atoms with Gasteiger partial charge in [0, 0.05) is 27.2 Å². The zero-order chi connectivity index (χ0) is 24.1. The van der Waals surface area contributed by atoms with Crippen LogP contribution < -0.4 is 20.5 Å². The van der Waals surface area contributed by atoms with Gasteiger partial charge in [-0.25, -0.2) is 9.78 Å². The lowest BCUT2D eigenvalue weighted by Crippen LogP contribution is -2.11. The minimum Gasteiger partial charge on any atom is -0.489 e. The molecule has 0 aliphatic carbocycles. The SMILES string of the molecule is CCOC(=O)Oc1cnc(N)c2c(COc3cccc(C(=O)Nc4ccc(Cl)cc4)c3)csc12. The summed E-state index contributed by atoms with van der Waals surface area (Å²) in [5.41, 5.74) is 7.93. The number of thiophene rings is 1. The number of aromatic nitrogens is 1. The number of halogens is 1. The van der Waals surface area contributed by atoms with Crippen molar-refractivity contribution in [2.24, 2.45) is 0 Å². The maximum Gasteiger partial charge on any atom is 0.513 e. The third kappa shape index (κ3) is 5.38. The molecule has 10 heteroatoms. The summed E-state index contributed by atoms with van der Waals surface area (Å²) < 4.78 is 16.7. The molecule has 3 N–H and O–H groups in total. The standard InChI is InChI=1S/C24H20ClN3O5S/c1-2-31-24(30)33-19-11-27-22(26)20-15(13-34-21(19)20)12-32-18-5-3-4-14(10-18)23(29)28-17-8-6-16(25)7-9-17/h3-11,13H,2,12H2,1H3,(H2,26,27)(H,28,29). The van der Waals surface area contributed by atoms with Crippen molar-refractivity contribution >= 4 is 56.6 Å². The Kier molecular flexibility index (Phi) is 7.15. The van der Waals surface area contributed by atoms with Crippen molar-refractivity contribution in [3.8, 4) is 11.5 Å². The van der Waals surface area contributed by atoms with Gasteiger partial charge in [0.1, 0.15) is 18.2 Å². The summed E-state index contributed by atoms with van der Waals surface area (Å²) in [4.78, 5) is 28.4. The molecule has 4 rings (SSSR count). The number of pyridine rings is 1. The van der Waals surface area contributed by atoms with E-state index in [-0.39, 0.29) is 24.9 Å². The molecule has 34 heavy (non-hydrogen) atoms. The summed E-state index contributed by atoms with van der Waals surface area (Å²) in [5.74, 6) is 0.790. The molecule has 0 radical (unpaired) electrons. The lowest BCUT2D eigenvalue weighted by Gasteiger charge is -2.10. The first kappa shape index (κ1) is 23.3. The molecule has 0 aliphatic rings. The highest BCUT2D eigenvalue weighted by Crippen LogP contribution is 2.37. The summed E-state index contributed by atoms with van der Waals surface area (Å²) in [6.45, 7) is 2.07. The van der Waals surface area contributed by atoms with Crippen LogP contribution in [0.5, 0.6) is 11.5 Å². The molecule has 2 heterocycles. The van der Waals surface area contributed by atoms with Crippen LogP contribution in [0.3, 0.4) is 0 Å². The van der Waals surface area contributed by atoms with Crippen LogP contribution in [0.4, 0.5) is 16.3 Å². The van der Waals surface area contributed by atoms with Crippen molar-refractivity contribution in [1.82, 2.24) is 4.98 Å². The summed E-state index contributed by atoms with van der Waals surface area (Å²) in [7, 11) is 0. The van der Waals surface area contributed by atoms with Crippen LogP contribution in [0.2, 0.25) is 5.02 Å². The molecule has 174 valence electrons. The quantitative estimate of drug-likeness (QED) is 0.306. The zero-order valence-electron chi connectivity index (χ0n) is 18.0. The third-order valence-electron chi connectivity index (χ3n) is 4.72. The molecule has 1 amide bonds. The minimum atomic E-state index is -0.810. The summed E-state index contributed by atoms with van der Waals surface area (Å²) in [5, 5.41) is 5.91. The van der Waals surface area contributed by atoms with Gasteiger partial charge in [0.25, 0.3) is 5.91 Å². The summed E-state index contributed by atoms with van der Waals surface area (Å²) in [6.07, 6.45) is 0.577. The van der Waals surface area contributed by atoms with Gasteiger partial charge in [0.15, 0.2) is 5.75 Å². The number of rotatable bonds is 7. The van der Waals surface area contributed by atoms with E-state index in [2.05, 4.69) is 10.3 Å². The second kappa shape index (κ2) is 10.4. The molecule has 8 nitrogen and oxygen atoms in total. The Morgan fingerprint density at radius 2 is 1.97 bits per heavy atom. The van der Waals surface area contributed by atoms with E-state index < -0.39 is 6.16 Å². The average molecular weight is 498 g/mol. The van der Waals surface area contributed by atoms with Crippen LogP contribution in [0.25, 0.3) is 10.1 Å². The van der Waals surface area contributed by atoms with E-state index in [4.69, 9.17) is 31.5 Å². The van der Waals surface area contributed by atoms with Crippen molar-refractivity contribution in [1.29, 1.82) is 0 Å². The first-order valence-corrected chi connectivity index (χ1v) is 11.5. The van der Waals surface area contributed by atoms with Crippen LogP contribution in [-0.4, -0.2) is 23.7 Å². The summed E-state index contributed by atoms with van der Waals surface area (Å²) in [6, 6.07) is 13.7. The number of amides is 1. The highest BCUT2D eigenvalue weighted by Gasteiger charge is 2.17. The van der Waals surface area contributed by atoms with E-state index in [0.717, 1.165) is 5.56 Å². The Balaban J connectivity index is 1.48. The van der Waals surface area contributed by atoms with Crippen molar-refractivity contribution < 1.29 is 23.8 Å². The largest absolute Gasteiger partial charge is 0.513 e. The van der Waals surface area contributed by atoms with E-state index in [0.29, 0.717) is 37.9 Å². The van der Waals surface area contributed by atoms with Gasteiger partial charge >= 0.3 is 6.16 Å². The monoisotopic (exact) mass is 497 g/mol. The first-order chi connectivity index (χ1) is 16.4. The van der Waals surface area contributed by atoms with E-state index in [1.165, 1.54) is 17.5 Å². The summed E-state index contributed by atoms with van der Waals surface area (Å²) >= 11 is 7.24. The number of carbonyl (C=O) groups is 2. The van der Waals surface area contributed by atoms with Crippen molar-refractivity contribution in [3.05, 3.63) is 76.3 Å². The smallest absolute Gasteiger partial charge is 0.489 e. The number of nitrogens with zero attached hydrogens (tertiary/aromatic N) is 1. The maximum atomic E-state index is 12.6. The Morgan fingerprint density at radius 3 is 2.74 bits per heavy atom. The van der Waals surface area contributed by atoms with Crippen LogP contribution in [0, 0.1) is 0 Å². The van der Waals surface area contributed by atoms with Gasteiger partial charge in [-0.3, -0.25) is 4.79 Å². The lowest BCUT2D eigenvalue weighted by atomic mass is 10.2. The Morgan fingerprint density at radius 1 is 1.18 bits per heavy atom. The topological polar surface area (TPSA) is 113 Å². The van der Waals surface area contributed by atoms with Gasteiger partial charge in [-0.2, -0.15) is 0 Å². The highest BCUT2D eigenvalue weighted by molar-refractivity contribution is 7.17. The number of carbonyl (C=O) groups excluding carboxylic acids is 2. The van der Waals surface area contributed by atoms with Crippen molar-refractivity contribution in [2.75, 3.05) is 17.7 Å². The highest BCUT2D eigenvalue weighted by atomic mass is 35.5. The zero-order valence-corrected chi connectivity index (χ0v) is 19.6. The number of nitrogens with two attached hydrogens (primary N) is 1. The molecule has 0 spiro atoms. The van der Waals surface area contributed by atoms with E-state index in [1.54, 1.807) is 55.5 Å². The van der Waals surface area contributed by atoms with Gasteiger partial charge in [0.2, 0.25) is 0 Å². The molecule has 2 aromatic heterocycles. The molecule has 0 fully saturated rings. The van der Waals surface area contributed by atoms with Gasteiger partial charge in [0.05, 0.1) is 17.5 Å². The molecule has 0 bridgehead atoms. The molecular weight excluding hydrogens is 478 g/mol. The van der Waals surface area contributed by atoms with Gasteiger partial charge in [-0.05, 0) is 54.8 Å². The second-order valence-corrected chi connectivity index (χ2v) is 8.35. The molecular formula is C24H20ClN3O5S. The number of hydrogen-bond donors (Lipinski definition) is 2. The second-order valence-electron chi connectivity index (χ2n) is 7.04. The molecule has 4 aromatic rings. The van der Waals surface area contributed by atoms with Crippen molar-refractivity contribution in [2.45, 2.75) is 13.5 Å². The average Bonchev–Trinajstić information content (AvgIpc) is 3.27. The Labute approximate surface area is 204 Å². The Hall–Kier alpha value is -3.82. The number of nitrogen functional groups attached to an aromatic ring is 1. The number of hydrogen-bond acceptors (Lipinski definition) is 8. The first-order valence-electron chi connectivity index (χ1n) is 10.2. The van der Waals surface area contributed by atoms with Gasteiger partial charge in [-0.1, -0.05) is 17.7 Å². The fraction of sp³-hybridized carbons (Fsp3) is 0.125. The third-order valence-corrected chi connectivity index (χ3v) is 6.01. The number of anilines is 2. The fourth-order valence-corrected chi connectivity index (χ4v) is 4.28. The number of fused-ring (bicyclic) bond motifs is 1. The number of ether oxygens (including phenoxy) is 3. The van der Waals surface area contributed by atoms with Gasteiger partial charge in [-0.15, -0.1) is 11.3 Å². The molecule has 2 aromatic carbocycles. The minimum absolute atomic E-state index is 0.178.